The fourth-order valence-corrected chi connectivity index (χ4v) is 4.29. The van der Waals surface area contributed by atoms with Crippen LogP contribution in [0.25, 0.3) is 31.9 Å². The number of nitrogens with zero attached hydrogens (tertiary/aromatic N) is 2. The van der Waals surface area contributed by atoms with Gasteiger partial charge in [-0.1, -0.05) is 41.7 Å². The number of fused-ring (bicyclic) bond motifs is 2. The van der Waals surface area contributed by atoms with Crippen LogP contribution in [0.5, 0.6) is 0 Å². The molecule has 2 aromatic carbocycles. The van der Waals surface area contributed by atoms with Crippen LogP contribution in [0, 0.1) is 6.92 Å². The summed E-state index contributed by atoms with van der Waals surface area (Å²) in [5.41, 5.74) is 2.94. The highest BCUT2D eigenvalue weighted by atomic mass is 32.1. The maximum absolute atomic E-state index is 12.8. The Bertz CT molecular complexity index is 1450. The molecule has 0 saturated carbocycles. The first-order valence-corrected chi connectivity index (χ1v) is 10.1. The topological polar surface area (TPSA) is 85.1 Å². The van der Waals surface area contributed by atoms with Gasteiger partial charge in [-0.15, -0.1) is 0 Å². The van der Waals surface area contributed by atoms with Crippen LogP contribution in [0.4, 0.5) is 5.69 Å². The number of hydrogen-bond acceptors (Lipinski definition) is 6. The molecule has 5 rings (SSSR count). The SMILES string of the molecule is Cc1c(NC(=O)c2cc3ccccc3oc2=O)cccc1-c1nc2cccnc2s1. The number of rotatable bonds is 3. The Balaban J connectivity index is 1.51. The molecule has 146 valence electrons. The quantitative estimate of drug-likeness (QED) is 0.420. The molecule has 30 heavy (non-hydrogen) atoms. The number of amides is 1. The van der Waals surface area contributed by atoms with Gasteiger partial charge in [0.25, 0.3) is 5.91 Å². The Morgan fingerprint density at radius 1 is 1.07 bits per heavy atom. The Labute approximate surface area is 174 Å². The van der Waals surface area contributed by atoms with E-state index in [0.717, 1.165) is 26.5 Å². The summed E-state index contributed by atoms with van der Waals surface area (Å²) in [7, 11) is 0. The van der Waals surface area contributed by atoms with Crippen LogP contribution in [0.2, 0.25) is 0 Å². The normalized spacial score (nSPS) is 11.1. The van der Waals surface area contributed by atoms with Gasteiger partial charge in [-0.05, 0) is 42.8 Å². The van der Waals surface area contributed by atoms with E-state index in [4.69, 9.17) is 4.42 Å². The van der Waals surface area contributed by atoms with Crippen molar-refractivity contribution >= 4 is 44.2 Å². The number of carbonyl (C=O) groups excluding carboxylic acids is 1. The first-order chi connectivity index (χ1) is 14.6. The minimum absolute atomic E-state index is 0.0392. The van der Waals surface area contributed by atoms with Gasteiger partial charge < -0.3 is 9.73 Å². The van der Waals surface area contributed by atoms with Crippen molar-refractivity contribution in [1.82, 2.24) is 9.97 Å². The maximum atomic E-state index is 12.8. The molecule has 7 heteroatoms. The molecule has 0 unspecified atom stereocenters. The summed E-state index contributed by atoms with van der Waals surface area (Å²) in [5.74, 6) is -0.513. The lowest BCUT2D eigenvalue weighted by molar-refractivity contribution is 0.102. The molecular formula is C23H15N3O3S. The monoisotopic (exact) mass is 413 g/mol. The standard InChI is InChI=1S/C23H15N3O3S/c1-13-15(21-26-18-9-5-11-24-22(18)30-21)7-4-8-17(13)25-20(27)16-12-14-6-2-3-10-19(14)29-23(16)28/h2-12H,1H3,(H,25,27). The largest absolute Gasteiger partial charge is 0.422 e. The molecule has 0 saturated heterocycles. The van der Waals surface area contributed by atoms with Gasteiger partial charge in [0, 0.05) is 22.8 Å². The van der Waals surface area contributed by atoms with Gasteiger partial charge in [0.2, 0.25) is 0 Å². The highest BCUT2D eigenvalue weighted by Crippen LogP contribution is 2.33. The molecule has 6 nitrogen and oxygen atoms in total. The second-order valence-electron chi connectivity index (χ2n) is 6.76. The smallest absolute Gasteiger partial charge is 0.349 e. The zero-order valence-corrected chi connectivity index (χ0v) is 16.7. The second kappa shape index (κ2) is 7.20. The average Bonchev–Trinajstić information content (AvgIpc) is 3.18. The van der Waals surface area contributed by atoms with Gasteiger partial charge >= 0.3 is 5.63 Å². The number of carbonyl (C=O) groups is 1. The number of nitrogens with one attached hydrogen (secondary N) is 1. The van der Waals surface area contributed by atoms with Gasteiger partial charge in [-0.25, -0.2) is 14.8 Å². The fourth-order valence-electron chi connectivity index (χ4n) is 3.30. The molecule has 1 amide bonds. The molecule has 3 heterocycles. The van der Waals surface area contributed by atoms with Crippen LogP contribution < -0.4 is 10.9 Å². The maximum Gasteiger partial charge on any atom is 0.349 e. The number of anilines is 1. The molecule has 0 radical (unpaired) electrons. The summed E-state index contributed by atoms with van der Waals surface area (Å²) < 4.78 is 5.28. The first kappa shape index (κ1) is 18.2. The molecule has 1 N–H and O–H groups in total. The highest BCUT2D eigenvalue weighted by molar-refractivity contribution is 7.21. The third-order valence-electron chi connectivity index (χ3n) is 4.86. The van der Waals surface area contributed by atoms with E-state index in [9.17, 15) is 9.59 Å². The molecule has 0 aliphatic rings. The van der Waals surface area contributed by atoms with E-state index in [1.165, 1.54) is 11.3 Å². The van der Waals surface area contributed by atoms with E-state index < -0.39 is 11.5 Å². The van der Waals surface area contributed by atoms with Crippen LogP contribution in [0.1, 0.15) is 15.9 Å². The molecule has 0 aliphatic carbocycles. The van der Waals surface area contributed by atoms with E-state index in [0.29, 0.717) is 16.7 Å². The number of hydrogen-bond donors (Lipinski definition) is 1. The van der Waals surface area contributed by atoms with E-state index in [1.807, 2.05) is 37.3 Å². The number of aromatic nitrogens is 2. The molecule has 0 bridgehead atoms. The van der Waals surface area contributed by atoms with Crippen LogP contribution in [-0.4, -0.2) is 15.9 Å². The van der Waals surface area contributed by atoms with Gasteiger partial charge in [-0.3, -0.25) is 4.79 Å². The predicted octanol–water partition coefficient (Wildman–Crippen LogP) is 5.03. The number of benzene rings is 2. The summed E-state index contributed by atoms with van der Waals surface area (Å²) >= 11 is 1.49. The third kappa shape index (κ3) is 3.15. The molecule has 0 spiro atoms. The highest BCUT2D eigenvalue weighted by Gasteiger charge is 2.17. The zero-order valence-electron chi connectivity index (χ0n) is 15.9. The van der Waals surface area contributed by atoms with Crippen molar-refractivity contribution in [2.45, 2.75) is 6.92 Å². The van der Waals surface area contributed by atoms with E-state index >= 15 is 0 Å². The average molecular weight is 413 g/mol. The number of pyridine rings is 1. The molecular weight excluding hydrogens is 398 g/mol. The Morgan fingerprint density at radius 2 is 1.93 bits per heavy atom. The second-order valence-corrected chi connectivity index (χ2v) is 7.74. The predicted molar refractivity (Wildman–Crippen MR) is 118 cm³/mol. The van der Waals surface area contributed by atoms with Crippen molar-refractivity contribution < 1.29 is 9.21 Å². The van der Waals surface area contributed by atoms with Crippen molar-refractivity contribution in [3.63, 3.8) is 0 Å². The molecule has 0 fully saturated rings. The van der Waals surface area contributed by atoms with Crippen molar-refractivity contribution in [3.05, 3.63) is 88.4 Å². The van der Waals surface area contributed by atoms with Crippen LogP contribution >= 0.6 is 11.3 Å². The summed E-state index contributed by atoms with van der Waals surface area (Å²) in [5, 5.41) is 4.35. The minimum Gasteiger partial charge on any atom is -0.422 e. The molecule has 0 atom stereocenters. The summed E-state index contributed by atoms with van der Waals surface area (Å²) in [6, 6.07) is 18.0. The third-order valence-corrected chi connectivity index (χ3v) is 5.88. The summed E-state index contributed by atoms with van der Waals surface area (Å²) in [4.78, 5) is 35.0. The lowest BCUT2D eigenvalue weighted by Crippen LogP contribution is -2.21. The van der Waals surface area contributed by atoms with Gasteiger partial charge in [0.15, 0.2) is 0 Å². The minimum atomic E-state index is -0.669. The number of para-hydroxylation sites is 1. The Hall–Kier alpha value is -3.84. The van der Waals surface area contributed by atoms with Crippen LogP contribution in [-0.2, 0) is 0 Å². The van der Waals surface area contributed by atoms with Crippen molar-refractivity contribution in [2.75, 3.05) is 5.32 Å². The lowest BCUT2D eigenvalue weighted by Gasteiger charge is -2.11. The van der Waals surface area contributed by atoms with Gasteiger partial charge in [0.1, 0.15) is 26.5 Å². The van der Waals surface area contributed by atoms with Crippen LogP contribution in [0.15, 0.2) is 76.1 Å². The number of thiazole rings is 1. The van der Waals surface area contributed by atoms with Crippen molar-refractivity contribution in [3.8, 4) is 10.6 Å². The molecule has 5 aromatic rings. The van der Waals surface area contributed by atoms with Crippen molar-refractivity contribution in [1.29, 1.82) is 0 Å². The fraction of sp³-hybridized carbons (Fsp3) is 0.0435. The molecule has 3 aromatic heterocycles. The lowest BCUT2D eigenvalue weighted by atomic mass is 10.1. The van der Waals surface area contributed by atoms with Gasteiger partial charge in [-0.2, -0.15) is 0 Å². The van der Waals surface area contributed by atoms with Crippen molar-refractivity contribution in [2.24, 2.45) is 0 Å². The molecule has 0 aliphatic heterocycles. The van der Waals surface area contributed by atoms with E-state index in [2.05, 4.69) is 15.3 Å². The Kier molecular flexibility index (Phi) is 4.37. The zero-order chi connectivity index (χ0) is 20.7. The van der Waals surface area contributed by atoms with Gasteiger partial charge in [0.05, 0.1) is 0 Å². The van der Waals surface area contributed by atoms with E-state index in [1.54, 1.807) is 36.5 Å². The van der Waals surface area contributed by atoms with E-state index in [-0.39, 0.29) is 5.56 Å². The summed E-state index contributed by atoms with van der Waals surface area (Å²) in [6.07, 6.45) is 1.74. The summed E-state index contributed by atoms with van der Waals surface area (Å²) in [6.45, 7) is 1.91. The first-order valence-electron chi connectivity index (χ1n) is 9.26. The Morgan fingerprint density at radius 3 is 2.80 bits per heavy atom. The van der Waals surface area contributed by atoms with Crippen LogP contribution in [0.3, 0.4) is 0 Å².